The third-order valence-electron chi connectivity index (χ3n) is 5.60. The maximum Gasteiger partial charge on any atom is 0.170 e. The Morgan fingerprint density at radius 3 is 2.71 bits per heavy atom. The summed E-state index contributed by atoms with van der Waals surface area (Å²) in [6, 6.07) is 14.1. The molecule has 0 fully saturated rings. The fourth-order valence-corrected chi connectivity index (χ4v) is 3.94. The van der Waals surface area contributed by atoms with Crippen molar-refractivity contribution < 1.29 is 4.79 Å². The first kappa shape index (κ1) is 18.4. The van der Waals surface area contributed by atoms with Crippen LogP contribution in [0.15, 0.2) is 61.1 Å². The minimum absolute atomic E-state index is 0.0857. The Balaban J connectivity index is 1.50. The van der Waals surface area contributed by atoms with E-state index in [0.29, 0.717) is 24.3 Å². The number of rotatable bonds is 6. The molecule has 0 amide bonds. The second kappa shape index (κ2) is 7.55. The molecule has 4 heteroatoms. The third-order valence-corrected chi connectivity index (χ3v) is 5.60. The van der Waals surface area contributed by atoms with Crippen molar-refractivity contribution in [2.24, 2.45) is 0 Å². The van der Waals surface area contributed by atoms with Gasteiger partial charge < -0.3 is 5.32 Å². The van der Waals surface area contributed by atoms with Crippen LogP contribution in [-0.2, 0) is 24.8 Å². The lowest BCUT2D eigenvalue weighted by molar-refractivity contribution is 0.0993. The number of Topliss-reactive ketones (excluding diaryl/α,β-unsaturated/α-hetero) is 1. The van der Waals surface area contributed by atoms with Gasteiger partial charge in [0.25, 0.3) is 0 Å². The van der Waals surface area contributed by atoms with Crippen LogP contribution >= 0.6 is 0 Å². The molecule has 2 aromatic heterocycles. The number of aromatic nitrogens is 2. The van der Waals surface area contributed by atoms with Gasteiger partial charge in [-0.05, 0) is 64.8 Å². The third kappa shape index (κ3) is 3.81. The van der Waals surface area contributed by atoms with E-state index in [1.807, 2.05) is 24.3 Å². The molecule has 0 unspecified atom stereocenters. The number of ketones is 1. The molecule has 4 rings (SSSR count). The first-order valence-corrected chi connectivity index (χ1v) is 9.76. The summed E-state index contributed by atoms with van der Waals surface area (Å²) in [5.41, 5.74) is 5.86. The van der Waals surface area contributed by atoms with Crippen molar-refractivity contribution in [3.63, 3.8) is 0 Å². The summed E-state index contributed by atoms with van der Waals surface area (Å²) in [4.78, 5) is 21.4. The van der Waals surface area contributed by atoms with Crippen molar-refractivity contribution in [3.8, 4) is 0 Å². The van der Waals surface area contributed by atoms with E-state index in [2.05, 4.69) is 47.3 Å². The molecule has 1 N–H and O–H groups in total. The van der Waals surface area contributed by atoms with Gasteiger partial charge in [-0.1, -0.05) is 32.0 Å². The molecule has 0 atom stereocenters. The Bertz CT molecular complexity index is 996. The molecule has 0 spiro atoms. The number of aryl methyl sites for hydroxylation is 1. The molecule has 0 bridgehead atoms. The number of fused-ring (bicyclic) bond motifs is 1. The maximum absolute atomic E-state index is 13.0. The van der Waals surface area contributed by atoms with E-state index in [4.69, 9.17) is 0 Å². The average molecular weight is 371 g/mol. The Morgan fingerprint density at radius 1 is 1.07 bits per heavy atom. The van der Waals surface area contributed by atoms with Gasteiger partial charge in [0, 0.05) is 31.6 Å². The summed E-state index contributed by atoms with van der Waals surface area (Å²) in [6.07, 6.45) is 7.89. The van der Waals surface area contributed by atoms with Gasteiger partial charge in [0.1, 0.15) is 5.82 Å². The molecule has 3 aromatic rings. The predicted molar refractivity (Wildman–Crippen MR) is 112 cm³/mol. The monoisotopic (exact) mass is 371 g/mol. The van der Waals surface area contributed by atoms with Crippen LogP contribution in [0.1, 0.15) is 52.9 Å². The van der Waals surface area contributed by atoms with Gasteiger partial charge >= 0.3 is 0 Å². The van der Waals surface area contributed by atoms with Gasteiger partial charge in [0.15, 0.2) is 5.78 Å². The van der Waals surface area contributed by atoms with E-state index in [-0.39, 0.29) is 11.2 Å². The summed E-state index contributed by atoms with van der Waals surface area (Å²) >= 11 is 0. The molecule has 2 heterocycles. The number of nitrogens with one attached hydrogen (secondary N) is 1. The highest BCUT2D eigenvalue weighted by atomic mass is 16.1. The summed E-state index contributed by atoms with van der Waals surface area (Å²) in [5, 5.41) is 3.29. The first-order valence-electron chi connectivity index (χ1n) is 9.76. The van der Waals surface area contributed by atoms with Gasteiger partial charge in [-0.15, -0.1) is 0 Å². The topological polar surface area (TPSA) is 54.9 Å². The van der Waals surface area contributed by atoms with E-state index in [9.17, 15) is 4.79 Å². The highest BCUT2D eigenvalue weighted by molar-refractivity contribution is 6.01. The van der Waals surface area contributed by atoms with Crippen LogP contribution in [0.5, 0.6) is 0 Å². The zero-order valence-corrected chi connectivity index (χ0v) is 16.4. The Kier molecular flexibility index (Phi) is 4.95. The fraction of sp³-hybridized carbons (Fsp3) is 0.292. The van der Waals surface area contributed by atoms with Crippen LogP contribution in [0.25, 0.3) is 0 Å². The van der Waals surface area contributed by atoms with E-state index in [0.717, 1.165) is 17.5 Å². The van der Waals surface area contributed by atoms with Crippen LogP contribution < -0.4 is 5.32 Å². The van der Waals surface area contributed by atoms with Crippen molar-refractivity contribution in [1.29, 1.82) is 0 Å². The Labute approximate surface area is 166 Å². The maximum atomic E-state index is 13.0. The second-order valence-electron chi connectivity index (χ2n) is 8.08. The molecule has 1 aliphatic carbocycles. The molecule has 28 heavy (non-hydrogen) atoms. The summed E-state index contributed by atoms with van der Waals surface area (Å²) in [6.45, 7) is 5.19. The highest BCUT2D eigenvalue weighted by Gasteiger charge is 2.29. The average Bonchev–Trinajstić information content (AvgIpc) is 3.01. The van der Waals surface area contributed by atoms with Gasteiger partial charge in [0.2, 0.25) is 0 Å². The van der Waals surface area contributed by atoms with Crippen LogP contribution in [-0.4, -0.2) is 15.8 Å². The Hall–Kier alpha value is -3.01. The molecule has 0 radical (unpaired) electrons. The molecule has 1 aliphatic rings. The summed E-state index contributed by atoms with van der Waals surface area (Å²) in [7, 11) is 0. The van der Waals surface area contributed by atoms with E-state index < -0.39 is 0 Å². The number of hydrogen-bond donors (Lipinski definition) is 1. The van der Waals surface area contributed by atoms with E-state index >= 15 is 0 Å². The van der Waals surface area contributed by atoms with Crippen molar-refractivity contribution >= 4 is 11.6 Å². The number of carbonyl (C=O) groups excluding carboxylic acids is 1. The molecular formula is C24H25N3O. The van der Waals surface area contributed by atoms with E-state index in [1.54, 1.807) is 18.6 Å². The number of hydrogen-bond acceptors (Lipinski definition) is 4. The zero-order chi connectivity index (χ0) is 19.6. The zero-order valence-electron chi connectivity index (χ0n) is 16.4. The van der Waals surface area contributed by atoms with Crippen LogP contribution in [0.3, 0.4) is 0 Å². The van der Waals surface area contributed by atoms with Gasteiger partial charge in [-0.3, -0.25) is 9.78 Å². The van der Waals surface area contributed by atoms with Gasteiger partial charge in [0.05, 0.1) is 5.56 Å². The summed E-state index contributed by atoms with van der Waals surface area (Å²) in [5.74, 6) is 0.717. The predicted octanol–water partition coefficient (Wildman–Crippen LogP) is 4.74. The molecule has 0 aliphatic heterocycles. The standard InChI is InChI=1S/C24H25N3O/c1-24(2)10-7-19-14-18(5-6-21(19)24)15-22(28)20-4-3-11-26-23(20)27-16-17-8-12-25-13-9-17/h3-6,8-9,11-14H,7,10,15-16H2,1-2H3,(H,26,27). The number of nitrogens with zero attached hydrogens (tertiary/aromatic N) is 2. The van der Waals surface area contributed by atoms with Gasteiger partial charge in [-0.25, -0.2) is 4.98 Å². The van der Waals surface area contributed by atoms with Crippen LogP contribution in [0.2, 0.25) is 0 Å². The number of pyridine rings is 2. The smallest absolute Gasteiger partial charge is 0.170 e. The van der Waals surface area contributed by atoms with Gasteiger partial charge in [-0.2, -0.15) is 0 Å². The lowest BCUT2D eigenvalue weighted by Gasteiger charge is -2.19. The largest absolute Gasteiger partial charge is 0.365 e. The highest BCUT2D eigenvalue weighted by Crippen LogP contribution is 2.38. The number of benzene rings is 1. The fourth-order valence-electron chi connectivity index (χ4n) is 3.94. The Morgan fingerprint density at radius 2 is 1.89 bits per heavy atom. The van der Waals surface area contributed by atoms with Crippen molar-refractivity contribution in [2.45, 2.75) is 45.1 Å². The second-order valence-corrected chi connectivity index (χ2v) is 8.08. The lowest BCUT2D eigenvalue weighted by Crippen LogP contribution is -2.12. The SMILES string of the molecule is CC1(C)CCc2cc(CC(=O)c3cccnc3NCc3ccncc3)ccc21. The molecule has 0 saturated heterocycles. The minimum atomic E-state index is 0.0857. The summed E-state index contributed by atoms with van der Waals surface area (Å²) < 4.78 is 0. The quantitative estimate of drug-likeness (QED) is 0.636. The molecule has 1 aromatic carbocycles. The molecule has 4 nitrogen and oxygen atoms in total. The molecule has 0 saturated carbocycles. The normalized spacial score (nSPS) is 14.5. The first-order chi connectivity index (χ1) is 13.5. The minimum Gasteiger partial charge on any atom is -0.365 e. The molecule has 142 valence electrons. The van der Waals surface area contributed by atoms with E-state index in [1.165, 1.54) is 17.5 Å². The number of anilines is 1. The number of carbonyl (C=O) groups is 1. The van der Waals surface area contributed by atoms with Crippen molar-refractivity contribution in [3.05, 3.63) is 88.9 Å². The van der Waals surface area contributed by atoms with Crippen LogP contribution in [0, 0.1) is 0 Å². The van der Waals surface area contributed by atoms with Crippen LogP contribution in [0.4, 0.5) is 5.82 Å². The lowest BCUT2D eigenvalue weighted by atomic mass is 9.86. The van der Waals surface area contributed by atoms with Crippen molar-refractivity contribution in [1.82, 2.24) is 9.97 Å². The van der Waals surface area contributed by atoms with Crippen molar-refractivity contribution in [2.75, 3.05) is 5.32 Å². The molecular weight excluding hydrogens is 346 g/mol.